The summed E-state index contributed by atoms with van der Waals surface area (Å²) in [4.78, 5) is 18.0. The third-order valence-electron chi connectivity index (χ3n) is 3.54. The Morgan fingerprint density at radius 3 is 2.05 bits per heavy atom. The Balaban J connectivity index is 3.87. The van der Waals surface area contributed by atoms with Crippen molar-refractivity contribution in [3.63, 3.8) is 0 Å². The van der Waals surface area contributed by atoms with E-state index in [0.29, 0.717) is 26.2 Å². The summed E-state index contributed by atoms with van der Waals surface area (Å²) >= 11 is 0. The maximum absolute atomic E-state index is 11.0. The summed E-state index contributed by atoms with van der Waals surface area (Å²) in [6, 6.07) is 0. The van der Waals surface area contributed by atoms with Gasteiger partial charge in [-0.15, -0.1) is 0 Å². The van der Waals surface area contributed by atoms with Crippen molar-refractivity contribution < 1.29 is 23.8 Å². The van der Waals surface area contributed by atoms with Gasteiger partial charge >= 0.3 is 7.60 Å². The Bertz CT molecular complexity index is 280. The Hall–Kier alpha value is 0.0700. The molecular formula is C16H35O5P. The molecule has 0 spiro atoms. The van der Waals surface area contributed by atoms with Crippen molar-refractivity contribution in [2.75, 3.05) is 26.0 Å². The van der Waals surface area contributed by atoms with Crippen LogP contribution in [0.5, 0.6) is 0 Å². The van der Waals surface area contributed by atoms with Crippen molar-refractivity contribution in [2.45, 2.75) is 77.7 Å². The van der Waals surface area contributed by atoms with Crippen LogP contribution in [0, 0.1) is 0 Å². The lowest BCUT2D eigenvalue weighted by Crippen LogP contribution is -2.22. The minimum absolute atomic E-state index is 0.133. The molecule has 0 radical (unpaired) electrons. The van der Waals surface area contributed by atoms with Crippen molar-refractivity contribution in [1.29, 1.82) is 0 Å². The zero-order valence-electron chi connectivity index (χ0n) is 14.3. The smallest absolute Gasteiger partial charge is 0.325 e. The summed E-state index contributed by atoms with van der Waals surface area (Å²) in [6.07, 6.45) is 9.16. The molecule has 0 aromatic heterocycles. The molecule has 0 aliphatic heterocycles. The molecule has 0 saturated heterocycles. The monoisotopic (exact) mass is 338 g/mol. The summed E-state index contributed by atoms with van der Waals surface area (Å²) < 4.78 is 22.3. The standard InChI is InChI=1S/C16H35O5P/c1-3-5-7-9-12-20-15-16(11-14-22(17,18)19)21-13-10-8-6-4-2/h16H,3-15H2,1-2H3,(H2,17,18,19)/t16-/m0/s1. The number of hydrogen-bond donors (Lipinski definition) is 2. The second-order valence-corrected chi connectivity index (χ2v) is 7.64. The fraction of sp³-hybridized carbons (Fsp3) is 1.00. The van der Waals surface area contributed by atoms with E-state index in [1.54, 1.807) is 0 Å². The van der Waals surface area contributed by atoms with Gasteiger partial charge in [-0.2, -0.15) is 0 Å². The highest BCUT2D eigenvalue weighted by atomic mass is 31.2. The summed E-state index contributed by atoms with van der Waals surface area (Å²) in [5, 5.41) is 0. The van der Waals surface area contributed by atoms with Crippen LogP contribution < -0.4 is 0 Å². The van der Waals surface area contributed by atoms with E-state index in [-0.39, 0.29) is 12.3 Å². The van der Waals surface area contributed by atoms with E-state index < -0.39 is 7.60 Å². The Kier molecular flexibility index (Phi) is 14.7. The fourth-order valence-corrected chi connectivity index (χ4v) is 2.78. The molecule has 22 heavy (non-hydrogen) atoms. The normalized spacial score (nSPS) is 13.5. The average Bonchev–Trinajstić information content (AvgIpc) is 2.46. The van der Waals surface area contributed by atoms with Gasteiger partial charge in [0.05, 0.1) is 18.9 Å². The molecule has 5 nitrogen and oxygen atoms in total. The number of unbranched alkanes of at least 4 members (excludes halogenated alkanes) is 6. The lowest BCUT2D eigenvalue weighted by Gasteiger charge is -2.18. The summed E-state index contributed by atoms with van der Waals surface area (Å²) in [7, 11) is -3.96. The SMILES string of the molecule is CCCCCCOC[C@H](CCP(=O)(O)O)OCCCCCC. The van der Waals surface area contributed by atoms with E-state index >= 15 is 0 Å². The molecule has 2 N–H and O–H groups in total. The zero-order chi connectivity index (χ0) is 16.7. The Labute approximate surface area is 135 Å². The summed E-state index contributed by atoms with van der Waals surface area (Å²) in [5.41, 5.74) is 0. The van der Waals surface area contributed by atoms with Crippen LogP contribution in [-0.2, 0) is 14.0 Å². The molecule has 0 amide bonds. The van der Waals surface area contributed by atoms with Crippen LogP contribution in [0.4, 0.5) is 0 Å². The lowest BCUT2D eigenvalue weighted by molar-refractivity contribution is -0.0200. The van der Waals surface area contributed by atoms with Crippen LogP contribution in [0.1, 0.15) is 71.6 Å². The van der Waals surface area contributed by atoms with E-state index in [4.69, 9.17) is 19.3 Å². The van der Waals surface area contributed by atoms with E-state index in [0.717, 1.165) is 19.3 Å². The van der Waals surface area contributed by atoms with Crippen molar-refractivity contribution in [3.05, 3.63) is 0 Å². The van der Waals surface area contributed by atoms with Crippen molar-refractivity contribution >= 4 is 7.60 Å². The van der Waals surface area contributed by atoms with Gasteiger partial charge < -0.3 is 19.3 Å². The number of hydrogen-bond acceptors (Lipinski definition) is 3. The first-order valence-electron chi connectivity index (χ1n) is 8.73. The van der Waals surface area contributed by atoms with Crippen molar-refractivity contribution in [3.8, 4) is 0 Å². The highest BCUT2D eigenvalue weighted by molar-refractivity contribution is 7.51. The van der Waals surface area contributed by atoms with E-state index in [1.807, 2.05) is 0 Å². The first kappa shape index (κ1) is 22.1. The van der Waals surface area contributed by atoms with Gasteiger partial charge in [0.1, 0.15) is 0 Å². The lowest BCUT2D eigenvalue weighted by atomic mass is 10.2. The van der Waals surface area contributed by atoms with Crippen LogP contribution in [-0.4, -0.2) is 41.9 Å². The fourth-order valence-electron chi connectivity index (χ4n) is 2.15. The molecule has 0 aliphatic carbocycles. The number of rotatable bonds is 16. The van der Waals surface area contributed by atoms with E-state index in [2.05, 4.69) is 13.8 Å². The molecule has 0 fully saturated rings. The molecule has 6 heteroatoms. The van der Waals surface area contributed by atoms with Crippen molar-refractivity contribution in [2.24, 2.45) is 0 Å². The third-order valence-corrected chi connectivity index (χ3v) is 4.38. The van der Waals surface area contributed by atoms with Gasteiger partial charge in [0.2, 0.25) is 0 Å². The highest BCUT2D eigenvalue weighted by Gasteiger charge is 2.18. The van der Waals surface area contributed by atoms with Gasteiger partial charge in [0.25, 0.3) is 0 Å². The average molecular weight is 338 g/mol. The second-order valence-electron chi connectivity index (χ2n) is 5.87. The molecule has 0 saturated carbocycles. The Morgan fingerprint density at radius 1 is 0.909 bits per heavy atom. The molecule has 0 aromatic carbocycles. The van der Waals surface area contributed by atoms with Gasteiger partial charge in [-0.25, -0.2) is 0 Å². The van der Waals surface area contributed by atoms with Crippen LogP contribution in [0.15, 0.2) is 0 Å². The first-order valence-corrected chi connectivity index (χ1v) is 10.5. The van der Waals surface area contributed by atoms with Gasteiger partial charge in [-0.3, -0.25) is 4.57 Å². The third kappa shape index (κ3) is 16.4. The predicted octanol–water partition coefficient (Wildman–Crippen LogP) is 4.12. The molecule has 0 bridgehead atoms. The van der Waals surface area contributed by atoms with Crippen LogP contribution in [0.3, 0.4) is 0 Å². The Morgan fingerprint density at radius 2 is 1.50 bits per heavy atom. The van der Waals surface area contributed by atoms with Crippen molar-refractivity contribution in [1.82, 2.24) is 0 Å². The number of ether oxygens (including phenoxy) is 2. The molecule has 0 aliphatic rings. The second kappa shape index (κ2) is 14.6. The highest BCUT2D eigenvalue weighted by Crippen LogP contribution is 2.35. The maximum Gasteiger partial charge on any atom is 0.325 e. The van der Waals surface area contributed by atoms with Gasteiger partial charge in [-0.1, -0.05) is 52.4 Å². The maximum atomic E-state index is 11.0. The largest absolute Gasteiger partial charge is 0.379 e. The predicted molar refractivity (Wildman–Crippen MR) is 90.4 cm³/mol. The van der Waals surface area contributed by atoms with Gasteiger partial charge in [-0.05, 0) is 19.3 Å². The van der Waals surface area contributed by atoms with Crippen LogP contribution >= 0.6 is 7.60 Å². The quantitative estimate of drug-likeness (QED) is 0.327. The van der Waals surface area contributed by atoms with Crippen LogP contribution in [0.2, 0.25) is 0 Å². The molecule has 0 rings (SSSR count). The molecular weight excluding hydrogens is 303 g/mol. The molecule has 1 atom stereocenters. The topological polar surface area (TPSA) is 76.0 Å². The first-order chi connectivity index (χ1) is 10.5. The zero-order valence-corrected chi connectivity index (χ0v) is 15.2. The van der Waals surface area contributed by atoms with E-state index in [1.165, 1.54) is 32.1 Å². The van der Waals surface area contributed by atoms with E-state index in [9.17, 15) is 4.57 Å². The minimum Gasteiger partial charge on any atom is -0.379 e. The van der Waals surface area contributed by atoms with Gasteiger partial charge in [0.15, 0.2) is 0 Å². The molecule has 0 unspecified atom stereocenters. The molecule has 134 valence electrons. The minimum atomic E-state index is -3.96. The molecule has 0 aromatic rings. The molecule has 0 heterocycles. The summed E-state index contributed by atoms with van der Waals surface area (Å²) in [6.45, 7) is 6.11. The summed E-state index contributed by atoms with van der Waals surface area (Å²) in [5.74, 6) is 0. The van der Waals surface area contributed by atoms with Gasteiger partial charge in [0, 0.05) is 13.2 Å². The van der Waals surface area contributed by atoms with Crippen LogP contribution in [0.25, 0.3) is 0 Å².